The summed E-state index contributed by atoms with van der Waals surface area (Å²) in [4.78, 5) is 12.3. The smallest absolute Gasteiger partial charge is 0.323 e. The van der Waals surface area contributed by atoms with Gasteiger partial charge in [0.05, 0.1) is 6.61 Å². The molecule has 0 amide bonds. The van der Waals surface area contributed by atoms with Gasteiger partial charge in [0.25, 0.3) is 0 Å². The molecule has 7 nitrogen and oxygen atoms in total. The number of anilines is 2. The van der Waals surface area contributed by atoms with Crippen molar-refractivity contribution in [1.29, 1.82) is 0 Å². The molecule has 1 heterocycles. The molecule has 0 saturated carbocycles. The minimum absolute atomic E-state index is 0.175. The fraction of sp³-hybridized carbons (Fsp3) is 0.727. The Balaban J connectivity index is 2.78. The maximum Gasteiger partial charge on any atom is 0.323 e. The van der Waals surface area contributed by atoms with E-state index in [1.807, 2.05) is 6.92 Å². The lowest BCUT2D eigenvalue weighted by molar-refractivity contribution is 0.312. The number of nitrogens with two attached hydrogens (primary N) is 1. The summed E-state index contributed by atoms with van der Waals surface area (Å²) in [7, 11) is 0. The van der Waals surface area contributed by atoms with Crippen LogP contribution in [0.25, 0.3) is 0 Å². The van der Waals surface area contributed by atoms with Crippen LogP contribution in [0.15, 0.2) is 0 Å². The number of rotatable bonds is 7. The van der Waals surface area contributed by atoms with Crippen LogP contribution in [0.2, 0.25) is 0 Å². The van der Waals surface area contributed by atoms with Gasteiger partial charge in [-0.05, 0) is 18.8 Å². The number of hydrogen-bond donors (Lipinski definition) is 3. The molecule has 1 rings (SSSR count). The predicted molar refractivity (Wildman–Crippen MR) is 71.4 cm³/mol. The Labute approximate surface area is 108 Å². The van der Waals surface area contributed by atoms with E-state index in [4.69, 9.17) is 10.6 Å². The molecule has 102 valence electrons. The van der Waals surface area contributed by atoms with Crippen molar-refractivity contribution in [3.8, 4) is 6.01 Å². The number of hydrazine groups is 1. The standard InChI is InChI=1S/C11H22N6O/c1-5-11(3,4)7-13-8-14-9(17-12)16-10(15-8)18-6-2/h5-7,12H2,1-4H3,(H2,13,14,15,16,17). The van der Waals surface area contributed by atoms with Gasteiger partial charge in [0.2, 0.25) is 11.9 Å². The van der Waals surface area contributed by atoms with Crippen molar-refractivity contribution in [3.05, 3.63) is 0 Å². The summed E-state index contributed by atoms with van der Waals surface area (Å²) in [5, 5.41) is 3.17. The molecular weight excluding hydrogens is 232 g/mol. The van der Waals surface area contributed by atoms with Gasteiger partial charge in [0.1, 0.15) is 0 Å². The Hall–Kier alpha value is -1.63. The van der Waals surface area contributed by atoms with Gasteiger partial charge in [0.15, 0.2) is 0 Å². The second-order valence-electron chi connectivity index (χ2n) is 4.71. The quantitative estimate of drug-likeness (QED) is 0.499. The normalized spacial score (nSPS) is 11.2. The highest BCUT2D eigenvalue weighted by molar-refractivity contribution is 5.35. The van der Waals surface area contributed by atoms with E-state index < -0.39 is 0 Å². The van der Waals surface area contributed by atoms with E-state index in [-0.39, 0.29) is 17.4 Å². The molecule has 0 bridgehead atoms. The van der Waals surface area contributed by atoms with Gasteiger partial charge >= 0.3 is 6.01 Å². The first-order valence-corrected chi connectivity index (χ1v) is 6.10. The van der Waals surface area contributed by atoms with Gasteiger partial charge < -0.3 is 10.1 Å². The zero-order chi connectivity index (χ0) is 13.6. The number of ether oxygens (including phenoxy) is 1. The monoisotopic (exact) mass is 254 g/mol. The van der Waals surface area contributed by atoms with Crippen molar-refractivity contribution >= 4 is 11.9 Å². The maximum absolute atomic E-state index is 5.31. The summed E-state index contributed by atoms with van der Waals surface area (Å²) in [5.41, 5.74) is 2.57. The summed E-state index contributed by atoms with van der Waals surface area (Å²) in [6.45, 7) is 9.62. The average molecular weight is 254 g/mol. The summed E-state index contributed by atoms with van der Waals surface area (Å²) in [5.74, 6) is 6.05. The summed E-state index contributed by atoms with van der Waals surface area (Å²) >= 11 is 0. The fourth-order valence-corrected chi connectivity index (χ4v) is 1.14. The molecule has 7 heteroatoms. The van der Waals surface area contributed by atoms with Crippen LogP contribution in [-0.4, -0.2) is 28.1 Å². The van der Waals surface area contributed by atoms with Gasteiger partial charge in [-0.25, -0.2) is 5.84 Å². The molecule has 0 atom stereocenters. The molecule has 1 aromatic rings. The molecule has 0 aliphatic carbocycles. The summed E-state index contributed by atoms with van der Waals surface area (Å²) in [6.07, 6.45) is 1.06. The van der Waals surface area contributed by atoms with Crippen molar-refractivity contribution in [1.82, 2.24) is 15.0 Å². The van der Waals surface area contributed by atoms with Gasteiger partial charge in [0, 0.05) is 6.54 Å². The first-order valence-electron chi connectivity index (χ1n) is 6.10. The molecule has 18 heavy (non-hydrogen) atoms. The molecule has 0 fully saturated rings. The lowest BCUT2D eigenvalue weighted by atomic mass is 9.90. The third-order valence-electron chi connectivity index (χ3n) is 2.70. The third kappa shape index (κ3) is 4.33. The molecule has 1 aromatic heterocycles. The van der Waals surface area contributed by atoms with Crippen molar-refractivity contribution in [2.75, 3.05) is 23.9 Å². The second-order valence-corrected chi connectivity index (χ2v) is 4.71. The van der Waals surface area contributed by atoms with E-state index in [1.54, 1.807) is 0 Å². The van der Waals surface area contributed by atoms with Crippen LogP contribution in [0.3, 0.4) is 0 Å². The number of nitrogens with one attached hydrogen (secondary N) is 2. The van der Waals surface area contributed by atoms with Crippen LogP contribution < -0.4 is 21.3 Å². The lowest BCUT2D eigenvalue weighted by Crippen LogP contribution is -2.23. The molecular formula is C11H22N6O. The number of hydrogen-bond acceptors (Lipinski definition) is 7. The Kier molecular flexibility index (Phi) is 5.08. The fourth-order valence-electron chi connectivity index (χ4n) is 1.14. The first-order chi connectivity index (χ1) is 8.50. The average Bonchev–Trinajstić information content (AvgIpc) is 2.37. The van der Waals surface area contributed by atoms with Crippen molar-refractivity contribution in [2.24, 2.45) is 11.3 Å². The van der Waals surface area contributed by atoms with Crippen molar-refractivity contribution in [3.63, 3.8) is 0 Å². The van der Waals surface area contributed by atoms with Gasteiger partial charge in [-0.15, -0.1) is 0 Å². The van der Waals surface area contributed by atoms with E-state index in [1.165, 1.54) is 0 Å². The van der Waals surface area contributed by atoms with E-state index in [2.05, 4.69) is 46.5 Å². The zero-order valence-corrected chi connectivity index (χ0v) is 11.4. The summed E-state index contributed by atoms with van der Waals surface area (Å²) < 4.78 is 5.25. The van der Waals surface area contributed by atoms with Gasteiger partial charge in [-0.3, -0.25) is 5.43 Å². The van der Waals surface area contributed by atoms with E-state index in [9.17, 15) is 0 Å². The van der Waals surface area contributed by atoms with Crippen LogP contribution in [0.5, 0.6) is 6.01 Å². The van der Waals surface area contributed by atoms with Gasteiger partial charge in [-0.2, -0.15) is 15.0 Å². The number of nitrogens with zero attached hydrogens (tertiary/aromatic N) is 3. The molecule has 0 saturated heterocycles. The molecule has 0 aliphatic rings. The van der Waals surface area contributed by atoms with Crippen LogP contribution >= 0.6 is 0 Å². The Morgan fingerprint density at radius 3 is 2.39 bits per heavy atom. The maximum atomic E-state index is 5.31. The lowest BCUT2D eigenvalue weighted by Gasteiger charge is -2.22. The number of aromatic nitrogens is 3. The highest BCUT2D eigenvalue weighted by atomic mass is 16.5. The van der Waals surface area contributed by atoms with E-state index in [0.29, 0.717) is 12.6 Å². The molecule has 0 aromatic carbocycles. The largest absolute Gasteiger partial charge is 0.464 e. The van der Waals surface area contributed by atoms with Crippen LogP contribution in [0.1, 0.15) is 34.1 Å². The zero-order valence-electron chi connectivity index (χ0n) is 11.4. The third-order valence-corrected chi connectivity index (χ3v) is 2.70. The van der Waals surface area contributed by atoms with Gasteiger partial charge in [-0.1, -0.05) is 20.8 Å². The number of nitrogen functional groups attached to an aromatic ring is 1. The Morgan fingerprint density at radius 1 is 1.17 bits per heavy atom. The van der Waals surface area contributed by atoms with Crippen LogP contribution in [0, 0.1) is 5.41 Å². The first kappa shape index (κ1) is 14.4. The van der Waals surface area contributed by atoms with E-state index >= 15 is 0 Å². The topological polar surface area (TPSA) is 98.0 Å². The van der Waals surface area contributed by atoms with E-state index in [0.717, 1.165) is 13.0 Å². The minimum atomic E-state index is 0.175. The summed E-state index contributed by atoms with van der Waals surface area (Å²) in [6, 6.07) is 0.261. The Bertz CT molecular complexity index is 382. The Morgan fingerprint density at radius 2 is 1.83 bits per heavy atom. The SMILES string of the molecule is CCOc1nc(NN)nc(NCC(C)(C)CC)n1. The predicted octanol–water partition coefficient (Wildman–Crippen LogP) is 1.40. The highest BCUT2D eigenvalue weighted by Crippen LogP contribution is 2.20. The molecule has 4 N–H and O–H groups in total. The van der Waals surface area contributed by atoms with Crippen molar-refractivity contribution in [2.45, 2.75) is 34.1 Å². The molecule has 0 aliphatic heterocycles. The minimum Gasteiger partial charge on any atom is -0.464 e. The van der Waals surface area contributed by atoms with Crippen molar-refractivity contribution < 1.29 is 4.74 Å². The molecule has 0 unspecified atom stereocenters. The molecule has 0 radical (unpaired) electrons. The highest BCUT2D eigenvalue weighted by Gasteiger charge is 2.16. The second kappa shape index (κ2) is 6.34. The van der Waals surface area contributed by atoms with Crippen LogP contribution in [0.4, 0.5) is 11.9 Å². The van der Waals surface area contributed by atoms with Crippen LogP contribution in [-0.2, 0) is 0 Å². The molecule has 0 spiro atoms.